The first-order valence-corrected chi connectivity index (χ1v) is 12.6. The predicted octanol–water partition coefficient (Wildman–Crippen LogP) is 4.14. The van der Waals surface area contributed by atoms with Crippen LogP contribution < -0.4 is 0 Å². The zero-order chi connectivity index (χ0) is 23.6. The molecule has 0 aliphatic heterocycles. The summed E-state index contributed by atoms with van der Waals surface area (Å²) in [5.74, 6) is -0.627. The van der Waals surface area contributed by atoms with Crippen LogP contribution in [0.15, 0.2) is 95.1 Å². The van der Waals surface area contributed by atoms with Crippen LogP contribution in [0.2, 0.25) is 0 Å². The zero-order valence-corrected chi connectivity index (χ0v) is 19.1. The van der Waals surface area contributed by atoms with Gasteiger partial charge in [-0.2, -0.15) is 8.42 Å². The fourth-order valence-corrected chi connectivity index (χ4v) is 5.42. The minimum absolute atomic E-state index is 0.0233. The third-order valence-corrected chi connectivity index (χ3v) is 7.81. The van der Waals surface area contributed by atoms with Gasteiger partial charge in [0.25, 0.3) is 20.1 Å². The van der Waals surface area contributed by atoms with Gasteiger partial charge in [0.1, 0.15) is 10.7 Å². The normalized spacial score (nSPS) is 12.1. The van der Waals surface area contributed by atoms with Gasteiger partial charge in [0.05, 0.1) is 17.2 Å². The highest BCUT2D eigenvalue weighted by atomic mass is 32.2. The number of halogens is 1. The standard InChI is InChI=1S/C23H19FN2O5S2/c1-17-8-10-19(11-9-17)33(29,30)31-16-18-13-23(21-6-2-3-7-22(21)24)26(15-18)32(27,28)20-5-4-12-25-14-20/h2-15H,16H2,1H3. The van der Waals surface area contributed by atoms with Crippen LogP contribution in [-0.4, -0.2) is 25.8 Å². The average Bonchev–Trinajstić information content (AvgIpc) is 3.24. The molecule has 10 heteroatoms. The maximum atomic E-state index is 14.5. The summed E-state index contributed by atoms with van der Waals surface area (Å²) in [7, 11) is -8.22. The van der Waals surface area contributed by atoms with Crippen molar-refractivity contribution in [1.29, 1.82) is 0 Å². The molecule has 0 N–H and O–H groups in total. The lowest BCUT2D eigenvalue weighted by molar-refractivity contribution is 0.308. The Kier molecular flexibility index (Phi) is 6.15. The fraction of sp³-hybridized carbons (Fsp3) is 0.0870. The summed E-state index contributed by atoms with van der Waals surface area (Å²) in [6, 6.07) is 16.1. The molecular formula is C23H19FN2O5S2. The highest BCUT2D eigenvalue weighted by Gasteiger charge is 2.24. The van der Waals surface area contributed by atoms with Crippen molar-refractivity contribution in [1.82, 2.24) is 8.96 Å². The molecule has 2 aromatic heterocycles. The van der Waals surface area contributed by atoms with Crippen molar-refractivity contribution >= 4 is 20.1 Å². The third kappa shape index (κ3) is 4.72. The van der Waals surface area contributed by atoms with Crippen molar-refractivity contribution in [3.63, 3.8) is 0 Å². The van der Waals surface area contributed by atoms with Gasteiger partial charge in [-0.25, -0.2) is 16.8 Å². The minimum atomic E-state index is -4.14. The van der Waals surface area contributed by atoms with Crippen molar-refractivity contribution in [2.75, 3.05) is 0 Å². The molecule has 2 heterocycles. The van der Waals surface area contributed by atoms with Crippen LogP contribution in [0.25, 0.3) is 11.3 Å². The van der Waals surface area contributed by atoms with E-state index in [1.165, 1.54) is 67.1 Å². The van der Waals surface area contributed by atoms with Gasteiger partial charge >= 0.3 is 0 Å². The lowest BCUT2D eigenvalue weighted by Gasteiger charge is -2.10. The Bertz CT molecular complexity index is 1500. The van der Waals surface area contributed by atoms with Crippen LogP contribution in [-0.2, 0) is 30.9 Å². The van der Waals surface area contributed by atoms with Gasteiger partial charge < -0.3 is 0 Å². The van der Waals surface area contributed by atoms with Crippen LogP contribution in [0.4, 0.5) is 4.39 Å². The summed E-state index contributed by atoms with van der Waals surface area (Å²) in [6.07, 6.45) is 3.83. The molecule has 0 bridgehead atoms. The smallest absolute Gasteiger partial charge is 0.263 e. The molecule has 2 aromatic carbocycles. The van der Waals surface area contributed by atoms with Gasteiger partial charge in [-0.1, -0.05) is 29.8 Å². The second kappa shape index (κ2) is 8.89. The monoisotopic (exact) mass is 486 g/mol. The first-order valence-electron chi connectivity index (χ1n) is 9.76. The minimum Gasteiger partial charge on any atom is -0.263 e. The highest BCUT2D eigenvalue weighted by molar-refractivity contribution is 7.90. The lowest BCUT2D eigenvalue weighted by atomic mass is 10.1. The molecule has 0 radical (unpaired) electrons. The van der Waals surface area contributed by atoms with Crippen LogP contribution in [0.1, 0.15) is 11.1 Å². The summed E-state index contributed by atoms with van der Waals surface area (Å²) in [5, 5.41) is 0. The largest absolute Gasteiger partial charge is 0.297 e. The molecule has 4 rings (SSSR count). The molecule has 0 unspecified atom stereocenters. The van der Waals surface area contributed by atoms with Gasteiger partial charge in [0, 0.05) is 24.2 Å². The molecule has 33 heavy (non-hydrogen) atoms. The molecule has 0 saturated carbocycles. The molecule has 170 valence electrons. The lowest BCUT2D eigenvalue weighted by Crippen LogP contribution is -2.14. The van der Waals surface area contributed by atoms with E-state index in [0.29, 0.717) is 0 Å². The van der Waals surface area contributed by atoms with Crippen LogP contribution in [0.3, 0.4) is 0 Å². The van der Waals surface area contributed by atoms with Crippen LogP contribution in [0, 0.1) is 12.7 Å². The van der Waals surface area contributed by atoms with Gasteiger partial charge in [0.2, 0.25) is 0 Å². The average molecular weight is 487 g/mol. The number of hydrogen-bond acceptors (Lipinski definition) is 6. The van der Waals surface area contributed by atoms with E-state index in [2.05, 4.69) is 4.98 Å². The maximum Gasteiger partial charge on any atom is 0.297 e. The Hall–Kier alpha value is -3.34. The Morgan fingerprint density at radius 1 is 0.939 bits per heavy atom. The SMILES string of the molecule is Cc1ccc(S(=O)(=O)OCc2cc(-c3ccccc3F)n(S(=O)(=O)c3cccnc3)c2)cc1. The Balaban J connectivity index is 1.74. The highest BCUT2D eigenvalue weighted by Crippen LogP contribution is 2.29. The summed E-state index contributed by atoms with van der Waals surface area (Å²) < 4.78 is 72.2. The van der Waals surface area contributed by atoms with E-state index in [4.69, 9.17) is 4.18 Å². The molecule has 0 aliphatic carbocycles. The maximum absolute atomic E-state index is 14.5. The topological polar surface area (TPSA) is 95.3 Å². The molecule has 4 aromatic rings. The van der Waals surface area contributed by atoms with E-state index in [9.17, 15) is 21.2 Å². The molecule has 7 nitrogen and oxygen atoms in total. The van der Waals surface area contributed by atoms with Crippen molar-refractivity contribution in [3.8, 4) is 11.3 Å². The van der Waals surface area contributed by atoms with Gasteiger partial charge in [0.15, 0.2) is 0 Å². The first-order chi connectivity index (χ1) is 15.7. The quantitative estimate of drug-likeness (QED) is 0.365. The summed E-state index contributed by atoms with van der Waals surface area (Å²) >= 11 is 0. The molecule has 0 saturated heterocycles. The molecule has 0 fully saturated rings. The first kappa shape index (κ1) is 22.8. The Morgan fingerprint density at radius 2 is 1.67 bits per heavy atom. The van der Waals surface area contributed by atoms with E-state index in [0.717, 1.165) is 9.54 Å². The number of rotatable bonds is 7. The predicted molar refractivity (Wildman–Crippen MR) is 120 cm³/mol. The third-order valence-electron chi connectivity index (χ3n) is 4.87. The van der Waals surface area contributed by atoms with Crippen molar-refractivity contribution in [3.05, 3.63) is 102 Å². The van der Waals surface area contributed by atoms with Crippen LogP contribution in [0.5, 0.6) is 0 Å². The second-order valence-electron chi connectivity index (χ2n) is 7.23. The van der Waals surface area contributed by atoms with Gasteiger partial charge in [-0.15, -0.1) is 0 Å². The second-order valence-corrected chi connectivity index (χ2v) is 10.7. The summed E-state index contributed by atoms with van der Waals surface area (Å²) in [5.41, 5.74) is 1.19. The van der Waals surface area contributed by atoms with Crippen molar-refractivity contribution < 1.29 is 25.4 Å². The van der Waals surface area contributed by atoms with Gasteiger partial charge in [-0.05, 0) is 55.0 Å². The molecular weight excluding hydrogens is 467 g/mol. The number of benzene rings is 2. The summed E-state index contributed by atoms with van der Waals surface area (Å²) in [4.78, 5) is 3.72. The van der Waals surface area contributed by atoms with E-state index in [1.807, 2.05) is 6.92 Å². The van der Waals surface area contributed by atoms with Crippen molar-refractivity contribution in [2.45, 2.75) is 23.3 Å². The van der Waals surface area contributed by atoms with Crippen LogP contribution >= 0.6 is 0 Å². The van der Waals surface area contributed by atoms with E-state index < -0.39 is 32.6 Å². The Labute approximate surface area is 191 Å². The fourth-order valence-electron chi connectivity index (χ4n) is 3.17. The number of hydrogen-bond donors (Lipinski definition) is 0. The van der Waals surface area contributed by atoms with Crippen molar-refractivity contribution in [2.24, 2.45) is 0 Å². The zero-order valence-electron chi connectivity index (χ0n) is 17.4. The molecule has 0 spiro atoms. The molecule has 0 atom stereocenters. The number of pyridine rings is 1. The van der Waals surface area contributed by atoms with E-state index in [1.54, 1.807) is 18.2 Å². The molecule has 0 amide bonds. The summed E-state index contributed by atoms with van der Waals surface area (Å²) in [6.45, 7) is 1.39. The van der Waals surface area contributed by atoms with E-state index >= 15 is 0 Å². The Morgan fingerprint density at radius 3 is 2.33 bits per heavy atom. The van der Waals surface area contributed by atoms with E-state index in [-0.39, 0.29) is 26.6 Å². The number of aryl methyl sites for hydroxylation is 1. The molecule has 0 aliphatic rings. The number of aromatic nitrogens is 2. The number of nitrogens with zero attached hydrogens (tertiary/aromatic N) is 2. The van der Waals surface area contributed by atoms with Gasteiger partial charge in [-0.3, -0.25) is 9.17 Å².